The van der Waals surface area contributed by atoms with Crippen molar-refractivity contribution in [1.29, 1.82) is 0 Å². The normalized spacial score (nSPS) is 12.2. The van der Waals surface area contributed by atoms with Crippen LogP contribution in [0.4, 0.5) is 0 Å². The molecule has 0 saturated carbocycles. The number of nitrogens with one attached hydrogen (secondary N) is 1. The van der Waals surface area contributed by atoms with Gasteiger partial charge in [0.1, 0.15) is 11.9 Å². The molecule has 0 aliphatic heterocycles. The highest BCUT2D eigenvalue weighted by atomic mass is 16.4. The van der Waals surface area contributed by atoms with E-state index in [1.165, 1.54) is 6.07 Å². The molecule has 3 N–H and O–H groups in total. The van der Waals surface area contributed by atoms with Crippen molar-refractivity contribution in [2.45, 2.75) is 13.0 Å². The summed E-state index contributed by atoms with van der Waals surface area (Å²) >= 11 is 0. The first-order valence-electron chi connectivity index (χ1n) is 8.60. The van der Waals surface area contributed by atoms with Gasteiger partial charge in [0.05, 0.1) is 16.6 Å². The van der Waals surface area contributed by atoms with Crippen LogP contribution in [0, 0.1) is 6.92 Å². The van der Waals surface area contributed by atoms with Gasteiger partial charge in [-0.1, -0.05) is 48.5 Å². The lowest BCUT2D eigenvalue weighted by Gasteiger charge is -2.14. The monoisotopic (exact) mass is 358 g/mol. The van der Waals surface area contributed by atoms with Gasteiger partial charge in [-0.05, 0) is 41.8 Å². The predicted molar refractivity (Wildman–Crippen MR) is 104 cm³/mol. The van der Waals surface area contributed by atoms with Crippen molar-refractivity contribution >= 4 is 17.0 Å². The van der Waals surface area contributed by atoms with Gasteiger partial charge in [-0.15, -0.1) is 0 Å². The molecule has 0 amide bonds. The van der Waals surface area contributed by atoms with Crippen molar-refractivity contribution in [1.82, 2.24) is 9.97 Å². The van der Waals surface area contributed by atoms with Crippen LogP contribution < -0.4 is 0 Å². The van der Waals surface area contributed by atoms with Crippen molar-refractivity contribution in [3.63, 3.8) is 0 Å². The summed E-state index contributed by atoms with van der Waals surface area (Å²) in [7, 11) is 0. The van der Waals surface area contributed by atoms with Gasteiger partial charge < -0.3 is 15.2 Å². The molecule has 0 saturated heterocycles. The summed E-state index contributed by atoms with van der Waals surface area (Å²) in [6.07, 6.45) is -0.686. The molecule has 1 atom stereocenters. The van der Waals surface area contributed by atoms with Crippen molar-refractivity contribution in [2.24, 2.45) is 0 Å². The second-order valence-electron chi connectivity index (χ2n) is 6.50. The largest absolute Gasteiger partial charge is 0.478 e. The molecule has 0 aliphatic carbocycles. The zero-order valence-electron chi connectivity index (χ0n) is 14.7. The van der Waals surface area contributed by atoms with E-state index >= 15 is 0 Å². The third-order valence-electron chi connectivity index (χ3n) is 4.71. The number of carboxylic acids is 1. The van der Waals surface area contributed by atoms with Gasteiger partial charge >= 0.3 is 5.97 Å². The van der Waals surface area contributed by atoms with Crippen LogP contribution in [-0.4, -0.2) is 26.2 Å². The fourth-order valence-corrected chi connectivity index (χ4v) is 3.18. The molecule has 1 heterocycles. The molecule has 0 aliphatic rings. The molecule has 0 fully saturated rings. The Hall–Kier alpha value is -3.44. The van der Waals surface area contributed by atoms with E-state index in [4.69, 9.17) is 5.11 Å². The minimum atomic E-state index is -0.970. The van der Waals surface area contributed by atoms with Crippen LogP contribution >= 0.6 is 0 Å². The van der Waals surface area contributed by atoms with Gasteiger partial charge in [0.25, 0.3) is 0 Å². The van der Waals surface area contributed by atoms with E-state index in [1.54, 1.807) is 12.1 Å². The fourth-order valence-electron chi connectivity index (χ4n) is 3.18. The summed E-state index contributed by atoms with van der Waals surface area (Å²) in [5.74, 6) is -0.313. The lowest BCUT2D eigenvalue weighted by molar-refractivity contribution is 0.0697. The van der Waals surface area contributed by atoms with Gasteiger partial charge in [0.2, 0.25) is 0 Å². The first-order chi connectivity index (χ1) is 13.0. The molecule has 4 aromatic rings. The number of hydrogen-bond donors (Lipinski definition) is 3. The van der Waals surface area contributed by atoms with E-state index in [9.17, 15) is 9.90 Å². The van der Waals surface area contributed by atoms with Crippen LogP contribution in [0.2, 0.25) is 0 Å². The number of fused-ring (bicyclic) bond motifs is 1. The zero-order valence-corrected chi connectivity index (χ0v) is 14.7. The molecule has 3 aromatic carbocycles. The SMILES string of the molecule is Cc1ccccc1C(O)c1ccc(-c2nc3ccc(C(=O)O)cc3[nH]2)cc1. The Morgan fingerprint density at radius 2 is 1.78 bits per heavy atom. The summed E-state index contributed by atoms with van der Waals surface area (Å²) < 4.78 is 0. The lowest BCUT2D eigenvalue weighted by atomic mass is 9.97. The number of aliphatic hydroxyl groups excluding tert-OH is 1. The molecule has 27 heavy (non-hydrogen) atoms. The summed E-state index contributed by atoms with van der Waals surface area (Å²) in [6, 6.07) is 20.1. The maximum absolute atomic E-state index is 11.1. The second kappa shape index (κ2) is 6.70. The standard InChI is InChI=1S/C22H18N2O3/c1-13-4-2-3-5-17(13)20(25)14-6-8-15(9-7-14)21-23-18-11-10-16(22(26)27)12-19(18)24-21/h2-12,20,25H,1H3,(H,23,24)(H,26,27). The average Bonchev–Trinajstić information content (AvgIpc) is 3.11. The van der Waals surface area contributed by atoms with Crippen LogP contribution in [0.1, 0.15) is 33.2 Å². The number of imidazole rings is 1. The third-order valence-corrected chi connectivity index (χ3v) is 4.71. The van der Waals surface area contributed by atoms with E-state index in [-0.39, 0.29) is 5.56 Å². The Morgan fingerprint density at radius 1 is 1.04 bits per heavy atom. The second-order valence-corrected chi connectivity index (χ2v) is 6.50. The Labute approximate surface area is 156 Å². The molecular formula is C22H18N2O3. The number of aromatic amines is 1. The topological polar surface area (TPSA) is 86.2 Å². The first kappa shape index (κ1) is 17.0. The Morgan fingerprint density at radius 3 is 2.48 bits per heavy atom. The summed E-state index contributed by atoms with van der Waals surface area (Å²) in [5.41, 5.74) is 5.19. The van der Waals surface area contributed by atoms with E-state index in [2.05, 4.69) is 9.97 Å². The van der Waals surface area contributed by atoms with E-state index < -0.39 is 12.1 Å². The molecule has 0 spiro atoms. The Kier molecular flexibility index (Phi) is 4.22. The van der Waals surface area contributed by atoms with Gasteiger partial charge in [-0.2, -0.15) is 0 Å². The predicted octanol–water partition coefficient (Wildman–Crippen LogP) is 4.32. The van der Waals surface area contributed by atoms with Gasteiger partial charge in [-0.3, -0.25) is 0 Å². The number of rotatable bonds is 4. The number of aromatic nitrogens is 2. The number of carbonyl (C=O) groups is 1. The molecule has 5 nitrogen and oxygen atoms in total. The maximum atomic E-state index is 11.1. The molecular weight excluding hydrogens is 340 g/mol. The van der Waals surface area contributed by atoms with E-state index in [0.717, 1.165) is 22.3 Å². The number of aryl methyl sites for hydroxylation is 1. The molecule has 0 bridgehead atoms. The lowest BCUT2D eigenvalue weighted by Crippen LogP contribution is -2.01. The molecule has 134 valence electrons. The number of hydrogen-bond acceptors (Lipinski definition) is 3. The highest BCUT2D eigenvalue weighted by Crippen LogP contribution is 2.27. The molecule has 1 aromatic heterocycles. The van der Waals surface area contributed by atoms with Crippen LogP contribution in [0.15, 0.2) is 66.7 Å². The van der Waals surface area contributed by atoms with Crippen LogP contribution in [0.3, 0.4) is 0 Å². The van der Waals surface area contributed by atoms with Crippen molar-refractivity contribution in [2.75, 3.05) is 0 Å². The van der Waals surface area contributed by atoms with Crippen molar-refractivity contribution < 1.29 is 15.0 Å². The van der Waals surface area contributed by atoms with E-state index in [0.29, 0.717) is 16.9 Å². The number of H-pyrrole nitrogens is 1. The minimum Gasteiger partial charge on any atom is -0.478 e. The van der Waals surface area contributed by atoms with Crippen LogP contribution in [0.25, 0.3) is 22.4 Å². The van der Waals surface area contributed by atoms with Crippen LogP contribution in [-0.2, 0) is 0 Å². The molecule has 4 rings (SSSR count). The van der Waals surface area contributed by atoms with Gasteiger partial charge in [0.15, 0.2) is 0 Å². The van der Waals surface area contributed by atoms with E-state index in [1.807, 2.05) is 55.5 Å². The summed E-state index contributed by atoms with van der Waals surface area (Å²) in [4.78, 5) is 18.8. The Balaban J connectivity index is 1.65. The minimum absolute atomic E-state index is 0.217. The average molecular weight is 358 g/mol. The highest BCUT2D eigenvalue weighted by Gasteiger charge is 2.13. The highest BCUT2D eigenvalue weighted by molar-refractivity contribution is 5.93. The van der Waals surface area contributed by atoms with Gasteiger partial charge in [-0.25, -0.2) is 9.78 Å². The van der Waals surface area contributed by atoms with Gasteiger partial charge in [0, 0.05) is 5.56 Å². The third kappa shape index (κ3) is 3.20. The number of carboxylic acid groups (broad SMARTS) is 1. The Bertz CT molecular complexity index is 1130. The first-order valence-corrected chi connectivity index (χ1v) is 8.60. The van der Waals surface area contributed by atoms with Crippen molar-refractivity contribution in [3.05, 3.63) is 89.0 Å². The molecule has 1 unspecified atom stereocenters. The quantitative estimate of drug-likeness (QED) is 0.507. The molecule has 5 heteroatoms. The fraction of sp³-hybridized carbons (Fsp3) is 0.0909. The number of nitrogens with zero attached hydrogens (tertiary/aromatic N) is 1. The summed E-state index contributed by atoms with van der Waals surface area (Å²) in [5, 5.41) is 19.8. The zero-order chi connectivity index (χ0) is 19.0. The number of benzene rings is 3. The smallest absolute Gasteiger partial charge is 0.335 e. The summed E-state index contributed by atoms with van der Waals surface area (Å²) in [6.45, 7) is 1.98. The van der Waals surface area contributed by atoms with Crippen molar-refractivity contribution in [3.8, 4) is 11.4 Å². The molecule has 0 radical (unpaired) electrons. The maximum Gasteiger partial charge on any atom is 0.335 e. The number of aliphatic hydroxyl groups is 1. The van der Waals surface area contributed by atoms with Crippen LogP contribution in [0.5, 0.6) is 0 Å². The number of aromatic carboxylic acids is 1.